The van der Waals surface area contributed by atoms with E-state index in [0.717, 1.165) is 43.6 Å². The predicted octanol–water partition coefficient (Wildman–Crippen LogP) is 3.20. The van der Waals surface area contributed by atoms with Gasteiger partial charge in [0.1, 0.15) is 0 Å². The highest BCUT2D eigenvalue weighted by atomic mass is 16.5. The topological polar surface area (TPSA) is 35.2 Å². The summed E-state index contributed by atoms with van der Waals surface area (Å²) in [6.07, 6.45) is 5.03. The molecule has 3 atom stereocenters. The fraction of sp³-hybridized carbons (Fsp3) is 1.00. The number of nitrogens with two attached hydrogens (primary N) is 1. The molecule has 1 aliphatic carbocycles. The molecule has 0 bridgehead atoms. The van der Waals surface area contributed by atoms with Crippen molar-refractivity contribution < 1.29 is 4.74 Å². The van der Waals surface area contributed by atoms with E-state index < -0.39 is 0 Å². The molecule has 96 valence electrons. The van der Waals surface area contributed by atoms with Crippen molar-refractivity contribution in [1.29, 1.82) is 0 Å². The van der Waals surface area contributed by atoms with Crippen molar-refractivity contribution in [2.45, 2.75) is 65.5 Å². The van der Waals surface area contributed by atoms with Gasteiger partial charge in [0.25, 0.3) is 0 Å². The third-order valence-corrected chi connectivity index (χ3v) is 3.85. The Bertz CT molecular complexity index is 191. The molecule has 1 fully saturated rings. The van der Waals surface area contributed by atoms with Crippen molar-refractivity contribution in [3.63, 3.8) is 0 Å². The summed E-state index contributed by atoms with van der Waals surface area (Å²) < 4.78 is 5.96. The second-order valence-corrected chi connectivity index (χ2v) is 6.07. The highest BCUT2D eigenvalue weighted by Crippen LogP contribution is 2.31. The van der Waals surface area contributed by atoms with Crippen LogP contribution in [0.25, 0.3) is 0 Å². The normalized spacial score (nSPS) is 31.3. The molecule has 1 saturated carbocycles. The fourth-order valence-electron chi connectivity index (χ4n) is 2.44. The molecule has 3 unspecified atom stereocenters. The molecule has 0 aliphatic heterocycles. The van der Waals surface area contributed by atoms with Crippen LogP contribution in [-0.2, 0) is 4.74 Å². The maximum Gasteiger partial charge on any atom is 0.0728 e. The van der Waals surface area contributed by atoms with Gasteiger partial charge in [-0.1, -0.05) is 27.7 Å². The molecular weight excluding hydrogens is 198 g/mol. The molecule has 2 nitrogen and oxygen atoms in total. The molecule has 1 rings (SSSR count). The lowest BCUT2D eigenvalue weighted by atomic mass is 9.78. The van der Waals surface area contributed by atoms with Crippen molar-refractivity contribution >= 4 is 0 Å². The van der Waals surface area contributed by atoms with Gasteiger partial charge in [-0.25, -0.2) is 0 Å². The number of rotatable bonds is 5. The van der Waals surface area contributed by atoms with Crippen LogP contribution in [0, 0.1) is 17.8 Å². The van der Waals surface area contributed by atoms with E-state index >= 15 is 0 Å². The molecule has 16 heavy (non-hydrogen) atoms. The van der Waals surface area contributed by atoms with Crippen molar-refractivity contribution in [2.75, 3.05) is 6.61 Å². The Balaban J connectivity index is 2.32. The van der Waals surface area contributed by atoms with Gasteiger partial charge in [0, 0.05) is 12.6 Å². The minimum Gasteiger partial charge on any atom is -0.377 e. The second-order valence-electron chi connectivity index (χ2n) is 6.07. The van der Waals surface area contributed by atoms with Gasteiger partial charge in [0.2, 0.25) is 0 Å². The van der Waals surface area contributed by atoms with E-state index in [-0.39, 0.29) is 6.04 Å². The summed E-state index contributed by atoms with van der Waals surface area (Å²) in [5.41, 5.74) is 6.13. The molecule has 0 heterocycles. The van der Waals surface area contributed by atoms with Crippen molar-refractivity contribution in [1.82, 2.24) is 0 Å². The van der Waals surface area contributed by atoms with Crippen LogP contribution in [0.3, 0.4) is 0 Å². The van der Waals surface area contributed by atoms with E-state index in [2.05, 4.69) is 27.7 Å². The smallest absolute Gasteiger partial charge is 0.0728 e. The minimum absolute atomic E-state index is 0.266. The number of hydrogen-bond acceptors (Lipinski definition) is 2. The molecule has 0 aromatic carbocycles. The molecule has 2 N–H and O–H groups in total. The summed E-state index contributed by atoms with van der Waals surface area (Å²) in [6, 6.07) is 0.266. The number of ether oxygens (including phenoxy) is 1. The van der Waals surface area contributed by atoms with Crippen LogP contribution in [0.5, 0.6) is 0 Å². The first-order valence-corrected chi connectivity index (χ1v) is 6.88. The van der Waals surface area contributed by atoms with Crippen molar-refractivity contribution in [3.05, 3.63) is 0 Å². The van der Waals surface area contributed by atoms with Gasteiger partial charge in [0.15, 0.2) is 0 Å². The lowest BCUT2D eigenvalue weighted by Crippen LogP contribution is -2.43. The van der Waals surface area contributed by atoms with Gasteiger partial charge >= 0.3 is 0 Å². The lowest BCUT2D eigenvalue weighted by Gasteiger charge is -2.36. The zero-order chi connectivity index (χ0) is 12.1. The van der Waals surface area contributed by atoms with E-state index in [1.165, 1.54) is 6.42 Å². The average Bonchev–Trinajstić information content (AvgIpc) is 2.20. The Hall–Kier alpha value is -0.0800. The van der Waals surface area contributed by atoms with Crippen LogP contribution >= 0.6 is 0 Å². The largest absolute Gasteiger partial charge is 0.377 e. The number of hydrogen-bond donors (Lipinski definition) is 1. The quantitative estimate of drug-likeness (QED) is 0.783. The second kappa shape index (κ2) is 6.61. The van der Waals surface area contributed by atoms with Crippen molar-refractivity contribution in [3.8, 4) is 0 Å². The Labute approximate surface area is 101 Å². The summed E-state index contributed by atoms with van der Waals surface area (Å²) in [5, 5.41) is 0. The van der Waals surface area contributed by atoms with E-state index in [4.69, 9.17) is 10.5 Å². The van der Waals surface area contributed by atoms with Crippen LogP contribution in [0.2, 0.25) is 0 Å². The minimum atomic E-state index is 0.266. The zero-order valence-electron chi connectivity index (χ0n) is 11.4. The highest BCUT2D eigenvalue weighted by Gasteiger charge is 2.30. The van der Waals surface area contributed by atoms with Gasteiger partial charge in [0.05, 0.1) is 6.10 Å². The van der Waals surface area contributed by atoms with Crippen molar-refractivity contribution in [2.24, 2.45) is 23.5 Å². The fourth-order valence-corrected chi connectivity index (χ4v) is 2.44. The molecule has 0 amide bonds. The molecule has 0 spiro atoms. The van der Waals surface area contributed by atoms with Crippen LogP contribution in [0.15, 0.2) is 0 Å². The van der Waals surface area contributed by atoms with Crippen LogP contribution < -0.4 is 5.73 Å². The van der Waals surface area contributed by atoms with E-state index in [1.54, 1.807) is 0 Å². The molecule has 0 radical (unpaired) electrons. The molecular formula is C14H29NO. The summed E-state index contributed by atoms with van der Waals surface area (Å²) in [7, 11) is 0. The third-order valence-electron chi connectivity index (χ3n) is 3.85. The van der Waals surface area contributed by atoms with Crippen LogP contribution in [0.4, 0.5) is 0 Å². The first-order chi connectivity index (χ1) is 7.50. The zero-order valence-corrected chi connectivity index (χ0v) is 11.4. The summed E-state index contributed by atoms with van der Waals surface area (Å²) >= 11 is 0. The standard InChI is InChI=1S/C14H29NO/c1-10(2)7-8-16-14-9-12(11(3)4)5-6-13(14)15/h10-14H,5-9,15H2,1-4H3. The summed E-state index contributed by atoms with van der Waals surface area (Å²) in [5.74, 6) is 2.30. The first kappa shape index (κ1) is 14.0. The predicted molar refractivity (Wildman–Crippen MR) is 69.3 cm³/mol. The Morgan fingerprint density at radius 2 is 1.88 bits per heavy atom. The summed E-state index contributed by atoms with van der Waals surface area (Å²) in [4.78, 5) is 0. The maximum absolute atomic E-state index is 6.13. The van der Waals surface area contributed by atoms with E-state index in [0.29, 0.717) is 6.10 Å². The lowest BCUT2D eigenvalue weighted by molar-refractivity contribution is -0.0111. The molecule has 1 aliphatic rings. The Morgan fingerprint density at radius 3 is 2.44 bits per heavy atom. The van der Waals surface area contributed by atoms with Gasteiger partial charge in [-0.2, -0.15) is 0 Å². The van der Waals surface area contributed by atoms with E-state index in [9.17, 15) is 0 Å². The molecule has 0 aromatic heterocycles. The van der Waals surface area contributed by atoms with Crippen LogP contribution in [0.1, 0.15) is 53.4 Å². The van der Waals surface area contributed by atoms with Crippen LogP contribution in [-0.4, -0.2) is 18.8 Å². The first-order valence-electron chi connectivity index (χ1n) is 6.88. The monoisotopic (exact) mass is 227 g/mol. The van der Waals surface area contributed by atoms with Gasteiger partial charge in [-0.05, 0) is 43.4 Å². The molecule has 0 saturated heterocycles. The Kier molecular flexibility index (Phi) is 5.77. The van der Waals surface area contributed by atoms with Gasteiger partial charge < -0.3 is 10.5 Å². The molecule has 0 aromatic rings. The van der Waals surface area contributed by atoms with Gasteiger partial charge in [-0.3, -0.25) is 0 Å². The molecule has 2 heteroatoms. The van der Waals surface area contributed by atoms with E-state index in [1.807, 2.05) is 0 Å². The Morgan fingerprint density at radius 1 is 1.19 bits per heavy atom. The van der Waals surface area contributed by atoms with Gasteiger partial charge in [-0.15, -0.1) is 0 Å². The third kappa shape index (κ3) is 4.42. The summed E-state index contributed by atoms with van der Waals surface area (Å²) in [6.45, 7) is 9.97. The average molecular weight is 227 g/mol. The highest BCUT2D eigenvalue weighted by molar-refractivity contribution is 4.84. The SMILES string of the molecule is CC(C)CCOC1CC(C(C)C)CCC1N. The maximum atomic E-state index is 6.13.